The quantitative estimate of drug-likeness (QED) is 0.660. The molecular weight excluding hydrogens is 294 g/mol. The van der Waals surface area contributed by atoms with Gasteiger partial charge in [0.15, 0.2) is 0 Å². The van der Waals surface area contributed by atoms with E-state index in [4.69, 9.17) is 11.6 Å². The zero-order valence-electron chi connectivity index (χ0n) is 11.8. The molecule has 0 aliphatic carbocycles. The van der Waals surface area contributed by atoms with Gasteiger partial charge in [0.2, 0.25) is 0 Å². The average molecular weight is 312 g/mol. The Morgan fingerprint density at radius 1 is 1.48 bits per heavy atom. The van der Waals surface area contributed by atoms with Gasteiger partial charge in [-0.15, -0.1) is 0 Å². The predicted molar refractivity (Wildman–Crippen MR) is 80.7 cm³/mol. The average Bonchev–Trinajstić information content (AvgIpc) is 2.45. The zero-order valence-corrected chi connectivity index (χ0v) is 12.6. The van der Waals surface area contributed by atoms with Crippen molar-refractivity contribution in [2.24, 2.45) is 5.41 Å². The number of rotatable bonds is 4. The maximum absolute atomic E-state index is 12.3. The second-order valence-electron chi connectivity index (χ2n) is 5.63. The number of halogens is 1. The first kappa shape index (κ1) is 15.7. The molecule has 0 bridgehead atoms. The standard InChI is InChI=1S/C14H18ClN3O3/c1-14(5-7-16-8-6-14)9-17-13(19)12-10(15)3-2-4-11(12)18(20)21/h2-4,16H,5-9H2,1H3,(H,17,19). The van der Waals surface area contributed by atoms with Crippen molar-refractivity contribution in [3.05, 3.63) is 38.9 Å². The van der Waals surface area contributed by atoms with Crippen LogP contribution < -0.4 is 10.6 Å². The molecule has 1 aliphatic heterocycles. The van der Waals surface area contributed by atoms with Gasteiger partial charge in [0.05, 0.1) is 9.95 Å². The van der Waals surface area contributed by atoms with E-state index in [-0.39, 0.29) is 21.7 Å². The van der Waals surface area contributed by atoms with Gasteiger partial charge in [0, 0.05) is 12.6 Å². The highest BCUT2D eigenvalue weighted by molar-refractivity contribution is 6.34. The third-order valence-corrected chi connectivity index (χ3v) is 4.22. The highest BCUT2D eigenvalue weighted by atomic mass is 35.5. The summed E-state index contributed by atoms with van der Waals surface area (Å²) in [6.45, 7) is 4.42. The summed E-state index contributed by atoms with van der Waals surface area (Å²) in [5, 5.41) is 17.2. The van der Waals surface area contributed by atoms with Crippen molar-refractivity contribution in [2.75, 3.05) is 19.6 Å². The lowest BCUT2D eigenvalue weighted by Gasteiger charge is -2.34. The minimum Gasteiger partial charge on any atom is -0.351 e. The van der Waals surface area contributed by atoms with Crippen LogP contribution in [0.15, 0.2) is 18.2 Å². The Kier molecular flexibility index (Phi) is 4.80. The number of amides is 1. The molecular formula is C14H18ClN3O3. The summed E-state index contributed by atoms with van der Waals surface area (Å²) < 4.78 is 0. The lowest BCUT2D eigenvalue weighted by molar-refractivity contribution is -0.385. The fourth-order valence-corrected chi connectivity index (χ4v) is 2.73. The predicted octanol–water partition coefficient (Wildman–Crippen LogP) is 2.37. The Balaban J connectivity index is 2.12. The third kappa shape index (κ3) is 3.71. The number of piperidine rings is 1. The molecule has 21 heavy (non-hydrogen) atoms. The molecule has 1 heterocycles. The number of nitro groups is 1. The first-order chi connectivity index (χ1) is 9.93. The van der Waals surface area contributed by atoms with E-state index in [0.29, 0.717) is 6.54 Å². The molecule has 7 heteroatoms. The molecule has 1 aliphatic rings. The van der Waals surface area contributed by atoms with Crippen molar-refractivity contribution in [1.29, 1.82) is 0 Å². The van der Waals surface area contributed by atoms with E-state index in [1.165, 1.54) is 18.2 Å². The molecule has 1 aromatic carbocycles. The summed E-state index contributed by atoms with van der Waals surface area (Å²) >= 11 is 5.95. The largest absolute Gasteiger partial charge is 0.351 e. The van der Waals surface area contributed by atoms with Crippen LogP contribution in [0, 0.1) is 15.5 Å². The Morgan fingerprint density at radius 3 is 2.76 bits per heavy atom. The third-order valence-electron chi connectivity index (χ3n) is 3.90. The van der Waals surface area contributed by atoms with Crippen LogP contribution in [0.5, 0.6) is 0 Å². The highest BCUT2D eigenvalue weighted by Gasteiger charge is 2.29. The number of nitrogens with one attached hydrogen (secondary N) is 2. The molecule has 1 amide bonds. The molecule has 0 atom stereocenters. The fraction of sp³-hybridized carbons (Fsp3) is 0.500. The van der Waals surface area contributed by atoms with Crippen LogP contribution in [0.4, 0.5) is 5.69 Å². The first-order valence-electron chi connectivity index (χ1n) is 6.85. The number of carbonyl (C=O) groups is 1. The summed E-state index contributed by atoms with van der Waals surface area (Å²) in [5.74, 6) is -0.493. The zero-order chi connectivity index (χ0) is 15.5. The van der Waals surface area contributed by atoms with Crippen molar-refractivity contribution < 1.29 is 9.72 Å². The first-order valence-corrected chi connectivity index (χ1v) is 7.23. The molecule has 6 nitrogen and oxygen atoms in total. The molecule has 1 aromatic rings. The highest BCUT2D eigenvalue weighted by Crippen LogP contribution is 2.29. The number of carbonyl (C=O) groups excluding carboxylic acids is 1. The topological polar surface area (TPSA) is 84.3 Å². The molecule has 0 spiro atoms. The van der Waals surface area contributed by atoms with Gasteiger partial charge in [0.1, 0.15) is 5.56 Å². The van der Waals surface area contributed by atoms with Crippen LogP contribution in [0.1, 0.15) is 30.1 Å². The van der Waals surface area contributed by atoms with Gasteiger partial charge < -0.3 is 10.6 Å². The van der Waals surface area contributed by atoms with E-state index in [2.05, 4.69) is 17.6 Å². The maximum Gasteiger partial charge on any atom is 0.283 e. The van der Waals surface area contributed by atoms with Gasteiger partial charge in [-0.1, -0.05) is 24.6 Å². The van der Waals surface area contributed by atoms with Crippen molar-refractivity contribution in [2.45, 2.75) is 19.8 Å². The van der Waals surface area contributed by atoms with E-state index >= 15 is 0 Å². The van der Waals surface area contributed by atoms with Crippen LogP contribution in [0.25, 0.3) is 0 Å². The van der Waals surface area contributed by atoms with Crippen molar-refractivity contribution in [3.63, 3.8) is 0 Å². The summed E-state index contributed by atoms with van der Waals surface area (Å²) in [4.78, 5) is 22.7. The Morgan fingerprint density at radius 2 is 2.14 bits per heavy atom. The lowest BCUT2D eigenvalue weighted by Crippen LogP contribution is -2.43. The van der Waals surface area contributed by atoms with Crippen molar-refractivity contribution in [3.8, 4) is 0 Å². The summed E-state index contributed by atoms with van der Waals surface area (Å²) in [6.07, 6.45) is 1.91. The van der Waals surface area contributed by atoms with Crippen LogP contribution in [0.2, 0.25) is 5.02 Å². The van der Waals surface area contributed by atoms with Crippen LogP contribution in [-0.2, 0) is 0 Å². The Bertz CT molecular complexity index is 556. The lowest BCUT2D eigenvalue weighted by atomic mass is 9.81. The molecule has 0 radical (unpaired) electrons. The summed E-state index contributed by atoms with van der Waals surface area (Å²) in [5.41, 5.74) is -0.325. The van der Waals surface area contributed by atoms with Gasteiger partial charge >= 0.3 is 0 Å². The van der Waals surface area contributed by atoms with E-state index in [9.17, 15) is 14.9 Å². The number of hydrogen-bond donors (Lipinski definition) is 2. The molecule has 0 unspecified atom stereocenters. The molecule has 0 aromatic heterocycles. The van der Waals surface area contributed by atoms with Crippen LogP contribution >= 0.6 is 11.6 Å². The molecule has 2 N–H and O–H groups in total. The maximum atomic E-state index is 12.3. The second-order valence-corrected chi connectivity index (χ2v) is 6.04. The normalized spacial score (nSPS) is 17.2. The van der Waals surface area contributed by atoms with Gasteiger partial charge in [-0.3, -0.25) is 14.9 Å². The summed E-state index contributed by atoms with van der Waals surface area (Å²) in [7, 11) is 0. The fourth-order valence-electron chi connectivity index (χ4n) is 2.48. The SMILES string of the molecule is CC1(CNC(=O)c2c(Cl)cccc2[N+](=O)[O-])CCNCC1. The van der Waals surface area contributed by atoms with Gasteiger partial charge in [-0.05, 0) is 37.4 Å². The smallest absolute Gasteiger partial charge is 0.283 e. The van der Waals surface area contributed by atoms with E-state index in [0.717, 1.165) is 25.9 Å². The molecule has 1 saturated heterocycles. The minimum absolute atomic E-state index is 0.0109. The Labute approximate surface area is 128 Å². The van der Waals surface area contributed by atoms with Crippen molar-refractivity contribution in [1.82, 2.24) is 10.6 Å². The van der Waals surface area contributed by atoms with Crippen LogP contribution in [0.3, 0.4) is 0 Å². The van der Waals surface area contributed by atoms with Crippen LogP contribution in [-0.4, -0.2) is 30.5 Å². The second kappa shape index (κ2) is 6.41. The minimum atomic E-state index is -0.590. The molecule has 0 saturated carbocycles. The number of nitrogens with zero attached hydrogens (tertiary/aromatic N) is 1. The van der Waals surface area contributed by atoms with E-state index in [1.807, 2.05) is 0 Å². The number of nitro benzene ring substituents is 1. The number of hydrogen-bond acceptors (Lipinski definition) is 4. The van der Waals surface area contributed by atoms with Crippen molar-refractivity contribution >= 4 is 23.2 Å². The molecule has 2 rings (SSSR count). The van der Waals surface area contributed by atoms with Gasteiger partial charge in [-0.2, -0.15) is 0 Å². The summed E-state index contributed by atoms with van der Waals surface area (Å²) in [6, 6.07) is 4.23. The molecule has 1 fully saturated rings. The van der Waals surface area contributed by atoms with E-state index in [1.54, 1.807) is 0 Å². The van der Waals surface area contributed by atoms with E-state index < -0.39 is 10.8 Å². The monoisotopic (exact) mass is 311 g/mol. The van der Waals surface area contributed by atoms with Gasteiger partial charge in [-0.25, -0.2) is 0 Å². The molecule has 114 valence electrons. The Hall–Kier alpha value is -1.66. The number of benzene rings is 1. The van der Waals surface area contributed by atoms with Gasteiger partial charge in [0.25, 0.3) is 11.6 Å².